The quantitative estimate of drug-likeness (QED) is 0.670. The van der Waals surface area contributed by atoms with Crippen molar-refractivity contribution in [3.8, 4) is 0 Å². The zero-order valence-electron chi connectivity index (χ0n) is 9.70. The second kappa shape index (κ2) is 4.80. The minimum atomic E-state index is 0.504. The molecule has 1 aromatic carbocycles. The molecule has 1 saturated heterocycles. The number of hydrogen-bond donors (Lipinski definition) is 0. The van der Waals surface area contributed by atoms with Gasteiger partial charge in [-0.05, 0) is 37.3 Å². The predicted molar refractivity (Wildman–Crippen MR) is 63.1 cm³/mol. The molecule has 0 bridgehead atoms. The van der Waals surface area contributed by atoms with E-state index in [1.54, 1.807) is 0 Å². The smallest absolute Gasteiger partial charge is 0.0842 e. The molecule has 0 N–H and O–H groups in total. The van der Waals surface area contributed by atoms with Gasteiger partial charge >= 0.3 is 0 Å². The van der Waals surface area contributed by atoms with Crippen LogP contribution in [-0.4, -0.2) is 12.2 Å². The van der Waals surface area contributed by atoms with Gasteiger partial charge < -0.3 is 4.74 Å². The van der Waals surface area contributed by atoms with Crippen molar-refractivity contribution >= 4 is 0 Å². The van der Waals surface area contributed by atoms with Gasteiger partial charge in [0.15, 0.2) is 0 Å². The van der Waals surface area contributed by atoms with Crippen LogP contribution < -0.4 is 0 Å². The first kappa shape index (κ1) is 10.7. The Morgan fingerprint density at radius 1 is 1.07 bits per heavy atom. The zero-order chi connectivity index (χ0) is 10.7. The van der Waals surface area contributed by atoms with Crippen molar-refractivity contribution in [1.29, 1.82) is 0 Å². The van der Waals surface area contributed by atoms with E-state index < -0.39 is 0 Å². The first-order valence-corrected chi connectivity index (χ1v) is 6.03. The molecule has 0 radical (unpaired) electrons. The Bertz CT molecular complexity index is 302. The van der Waals surface area contributed by atoms with Gasteiger partial charge in [-0.1, -0.05) is 37.6 Å². The number of ether oxygens (including phenoxy) is 1. The summed E-state index contributed by atoms with van der Waals surface area (Å²) < 4.78 is 5.40. The number of benzene rings is 1. The summed E-state index contributed by atoms with van der Waals surface area (Å²) in [6.07, 6.45) is 5.79. The first-order valence-electron chi connectivity index (χ1n) is 6.03. The minimum absolute atomic E-state index is 0.504. The van der Waals surface area contributed by atoms with Crippen LogP contribution in [0.25, 0.3) is 0 Å². The highest BCUT2D eigenvalue weighted by atomic mass is 16.6. The monoisotopic (exact) mass is 204 g/mol. The SMILES string of the molecule is CCCc1ccc(CCC2OC2C)cc1. The van der Waals surface area contributed by atoms with E-state index in [2.05, 4.69) is 38.1 Å². The molecule has 2 rings (SSSR count). The highest BCUT2D eigenvalue weighted by Crippen LogP contribution is 2.25. The van der Waals surface area contributed by atoms with Crippen LogP contribution in [0.5, 0.6) is 0 Å². The molecule has 1 aliphatic heterocycles. The molecule has 0 aliphatic carbocycles. The van der Waals surface area contributed by atoms with Gasteiger partial charge in [0, 0.05) is 0 Å². The minimum Gasteiger partial charge on any atom is -0.370 e. The molecule has 2 atom stereocenters. The van der Waals surface area contributed by atoms with Crippen molar-refractivity contribution in [2.45, 2.75) is 51.7 Å². The van der Waals surface area contributed by atoms with E-state index in [-0.39, 0.29) is 0 Å². The molecule has 1 nitrogen and oxygen atoms in total. The number of epoxide rings is 1. The topological polar surface area (TPSA) is 12.5 Å². The number of hydrogen-bond acceptors (Lipinski definition) is 1. The van der Waals surface area contributed by atoms with Crippen molar-refractivity contribution in [2.75, 3.05) is 0 Å². The highest BCUT2D eigenvalue weighted by molar-refractivity contribution is 5.22. The van der Waals surface area contributed by atoms with Gasteiger partial charge in [0.1, 0.15) is 0 Å². The van der Waals surface area contributed by atoms with Crippen molar-refractivity contribution in [3.05, 3.63) is 35.4 Å². The van der Waals surface area contributed by atoms with Gasteiger partial charge in [0.25, 0.3) is 0 Å². The third-order valence-electron chi connectivity index (χ3n) is 3.12. The van der Waals surface area contributed by atoms with Gasteiger partial charge in [0.05, 0.1) is 12.2 Å². The molecule has 1 aromatic rings. The average molecular weight is 204 g/mol. The predicted octanol–water partition coefficient (Wildman–Crippen LogP) is 3.36. The van der Waals surface area contributed by atoms with Crippen LogP contribution in [0.3, 0.4) is 0 Å². The Balaban J connectivity index is 1.81. The van der Waals surface area contributed by atoms with E-state index in [1.165, 1.54) is 30.4 Å². The molecule has 0 aromatic heterocycles. The fraction of sp³-hybridized carbons (Fsp3) is 0.571. The molecule has 0 saturated carbocycles. The van der Waals surface area contributed by atoms with Gasteiger partial charge in [0.2, 0.25) is 0 Å². The lowest BCUT2D eigenvalue weighted by atomic mass is 10.0. The summed E-state index contributed by atoms with van der Waals surface area (Å²) >= 11 is 0. The van der Waals surface area contributed by atoms with Crippen LogP contribution in [0.15, 0.2) is 24.3 Å². The van der Waals surface area contributed by atoms with E-state index in [0.717, 1.165) is 6.42 Å². The van der Waals surface area contributed by atoms with Gasteiger partial charge in [-0.3, -0.25) is 0 Å². The molecule has 1 fully saturated rings. The number of rotatable bonds is 5. The maximum absolute atomic E-state index is 5.40. The van der Waals surface area contributed by atoms with E-state index in [4.69, 9.17) is 4.74 Å². The molecule has 0 spiro atoms. The summed E-state index contributed by atoms with van der Waals surface area (Å²) in [5.74, 6) is 0. The normalized spacial score (nSPS) is 24.1. The lowest BCUT2D eigenvalue weighted by molar-refractivity contribution is 0.370. The van der Waals surface area contributed by atoms with Crippen LogP contribution in [0.2, 0.25) is 0 Å². The molecule has 0 amide bonds. The van der Waals surface area contributed by atoms with Gasteiger partial charge in [-0.25, -0.2) is 0 Å². The van der Waals surface area contributed by atoms with E-state index in [9.17, 15) is 0 Å². The number of aryl methyl sites for hydroxylation is 2. The van der Waals surface area contributed by atoms with Crippen molar-refractivity contribution < 1.29 is 4.74 Å². The molecule has 15 heavy (non-hydrogen) atoms. The van der Waals surface area contributed by atoms with Crippen LogP contribution >= 0.6 is 0 Å². The van der Waals surface area contributed by atoms with Crippen LogP contribution in [0.4, 0.5) is 0 Å². The molecule has 82 valence electrons. The van der Waals surface area contributed by atoms with Crippen molar-refractivity contribution in [2.24, 2.45) is 0 Å². The summed E-state index contributed by atoms with van der Waals surface area (Å²) in [5.41, 5.74) is 2.90. The fourth-order valence-corrected chi connectivity index (χ4v) is 2.00. The third-order valence-corrected chi connectivity index (χ3v) is 3.12. The first-order chi connectivity index (χ1) is 7.29. The van der Waals surface area contributed by atoms with E-state index in [1.807, 2.05) is 0 Å². The van der Waals surface area contributed by atoms with Crippen molar-refractivity contribution in [3.63, 3.8) is 0 Å². The van der Waals surface area contributed by atoms with E-state index in [0.29, 0.717) is 12.2 Å². The van der Waals surface area contributed by atoms with Crippen LogP contribution in [0, 0.1) is 0 Å². The largest absolute Gasteiger partial charge is 0.370 e. The summed E-state index contributed by atoms with van der Waals surface area (Å²) in [7, 11) is 0. The molecule has 1 heterocycles. The molecular formula is C14H20O. The van der Waals surface area contributed by atoms with E-state index >= 15 is 0 Å². The standard InChI is InChI=1S/C14H20O/c1-3-4-12-5-7-13(8-6-12)9-10-14-11(2)15-14/h5-8,11,14H,3-4,9-10H2,1-2H3. The van der Waals surface area contributed by atoms with Crippen molar-refractivity contribution in [1.82, 2.24) is 0 Å². The summed E-state index contributed by atoms with van der Waals surface area (Å²) in [5, 5.41) is 0. The summed E-state index contributed by atoms with van der Waals surface area (Å²) in [4.78, 5) is 0. The zero-order valence-corrected chi connectivity index (χ0v) is 9.70. The molecule has 1 aliphatic rings. The molecule has 2 unspecified atom stereocenters. The lowest BCUT2D eigenvalue weighted by Gasteiger charge is -2.02. The lowest BCUT2D eigenvalue weighted by Crippen LogP contribution is -1.94. The Morgan fingerprint density at radius 2 is 1.60 bits per heavy atom. The average Bonchev–Trinajstić information content (AvgIpc) is 2.94. The molecular weight excluding hydrogens is 184 g/mol. The maximum Gasteiger partial charge on any atom is 0.0842 e. The third kappa shape index (κ3) is 3.07. The second-order valence-electron chi connectivity index (χ2n) is 4.48. The highest BCUT2D eigenvalue weighted by Gasteiger charge is 2.33. The van der Waals surface area contributed by atoms with Crippen LogP contribution in [0.1, 0.15) is 37.8 Å². The Hall–Kier alpha value is -0.820. The van der Waals surface area contributed by atoms with Gasteiger partial charge in [-0.15, -0.1) is 0 Å². The fourth-order valence-electron chi connectivity index (χ4n) is 2.00. The second-order valence-corrected chi connectivity index (χ2v) is 4.48. The summed E-state index contributed by atoms with van der Waals surface area (Å²) in [6.45, 7) is 4.37. The van der Waals surface area contributed by atoms with Crippen LogP contribution in [-0.2, 0) is 17.6 Å². The Kier molecular flexibility index (Phi) is 3.42. The Labute approximate surface area is 92.5 Å². The van der Waals surface area contributed by atoms with Gasteiger partial charge in [-0.2, -0.15) is 0 Å². The summed E-state index contributed by atoms with van der Waals surface area (Å²) in [6, 6.07) is 9.04. The maximum atomic E-state index is 5.40. The molecule has 1 heteroatoms. The Morgan fingerprint density at radius 3 is 2.07 bits per heavy atom.